The summed E-state index contributed by atoms with van der Waals surface area (Å²) in [5.74, 6) is 0. The van der Waals surface area contributed by atoms with Crippen molar-refractivity contribution in [3.63, 3.8) is 0 Å². The fourth-order valence-electron chi connectivity index (χ4n) is 12.7. The first-order valence-electron chi connectivity index (χ1n) is 22.7. The van der Waals surface area contributed by atoms with Crippen molar-refractivity contribution in [2.75, 3.05) is 0 Å². The van der Waals surface area contributed by atoms with Gasteiger partial charge in [-0.1, -0.05) is 200 Å². The number of hydrogen-bond donors (Lipinski definition) is 0. The molecule has 2 unspecified atom stereocenters. The zero-order chi connectivity index (χ0) is 43.4. The van der Waals surface area contributed by atoms with Crippen molar-refractivity contribution in [1.29, 1.82) is 0 Å². The molecule has 2 aliphatic heterocycles. The Hall–Kier alpha value is -7.42. The van der Waals surface area contributed by atoms with Crippen LogP contribution in [0.15, 0.2) is 239 Å². The van der Waals surface area contributed by atoms with Gasteiger partial charge in [-0.25, -0.2) is 0 Å². The molecule has 11 aromatic rings. The predicted octanol–water partition coefficient (Wildman–Crippen LogP) is 14.4. The van der Waals surface area contributed by atoms with Crippen molar-refractivity contribution < 1.29 is 8.98 Å². The number of benzene rings is 10. The Kier molecular flexibility index (Phi) is 7.32. The van der Waals surface area contributed by atoms with Gasteiger partial charge in [0.25, 0.3) is 0 Å². The highest BCUT2D eigenvalue weighted by atomic mass is 32.2. The van der Waals surface area contributed by atoms with E-state index < -0.39 is 12.6 Å². The molecular weight excluding hydrogens is 840 g/mol. The first kappa shape index (κ1) is 36.9. The second kappa shape index (κ2) is 13.1. The van der Waals surface area contributed by atoms with Crippen molar-refractivity contribution in [2.24, 2.45) is 0 Å². The number of furan rings is 1. The van der Waals surface area contributed by atoms with E-state index in [9.17, 15) is 0 Å². The Morgan fingerprint density at radius 3 is 1.62 bits per heavy atom. The highest BCUT2D eigenvalue weighted by Crippen LogP contribution is 2.65. The molecule has 2 nitrogen and oxygen atoms in total. The van der Waals surface area contributed by atoms with Crippen LogP contribution in [0.3, 0.4) is 0 Å². The summed E-state index contributed by atoms with van der Waals surface area (Å²) in [7, 11) is -3.42. The Morgan fingerprint density at radius 1 is 0.348 bits per heavy atom. The molecule has 4 aliphatic rings. The molecular formula is C62H37O2PS. The fraction of sp³-hybridized carbons (Fsp3) is 0.0323. The smallest absolute Gasteiger partial charge is 0.171 e. The average molecular weight is 877 g/mol. The van der Waals surface area contributed by atoms with E-state index >= 15 is 4.57 Å². The molecule has 1 aromatic heterocycles. The summed E-state index contributed by atoms with van der Waals surface area (Å²) in [6.45, 7) is 0. The molecule has 0 fully saturated rings. The van der Waals surface area contributed by atoms with Gasteiger partial charge >= 0.3 is 0 Å². The monoisotopic (exact) mass is 876 g/mol. The molecule has 0 radical (unpaired) electrons. The minimum Gasteiger partial charge on any atom is -0.456 e. The minimum absolute atomic E-state index is 0.383. The molecule has 15 rings (SSSR count). The third kappa shape index (κ3) is 4.43. The molecule has 2 spiro atoms. The first-order valence-corrected chi connectivity index (χ1v) is 25.2. The van der Waals surface area contributed by atoms with E-state index in [0.717, 1.165) is 49.0 Å². The van der Waals surface area contributed by atoms with Gasteiger partial charge in [0.15, 0.2) is 7.14 Å². The van der Waals surface area contributed by atoms with Crippen LogP contribution >= 0.6 is 18.9 Å². The van der Waals surface area contributed by atoms with Crippen LogP contribution in [-0.4, -0.2) is 0 Å². The quantitative estimate of drug-likeness (QED) is 0.162. The predicted molar refractivity (Wildman–Crippen MR) is 271 cm³/mol. The van der Waals surface area contributed by atoms with Crippen molar-refractivity contribution in [2.45, 2.75) is 20.6 Å². The van der Waals surface area contributed by atoms with Crippen LogP contribution < -0.4 is 15.9 Å². The summed E-state index contributed by atoms with van der Waals surface area (Å²) in [5.41, 5.74) is 17.9. The summed E-state index contributed by atoms with van der Waals surface area (Å²) in [5, 5.41) is 4.61. The van der Waals surface area contributed by atoms with Gasteiger partial charge in [0.2, 0.25) is 0 Å². The average Bonchev–Trinajstić information content (AvgIpc) is 4.01. The molecule has 3 heterocycles. The van der Waals surface area contributed by atoms with E-state index in [0.29, 0.717) is 0 Å². The van der Waals surface area contributed by atoms with Crippen LogP contribution in [0.4, 0.5) is 0 Å². The van der Waals surface area contributed by atoms with E-state index in [1.54, 1.807) is 0 Å². The SMILES string of the molecule is O=P1(c2ccccc2)c2ccccc2C2(c3ccccc3Sc3cc(-c4ccc5c(c4)-c4ccccc4C54c5ccccc5-c5ccccc54)ccc32)c2cc3c(cc21)oc1ccccc13. The zero-order valence-electron chi connectivity index (χ0n) is 35.5. The molecule has 10 aromatic carbocycles. The Balaban J connectivity index is 0.987. The molecule has 0 amide bonds. The van der Waals surface area contributed by atoms with Crippen molar-refractivity contribution in [1.82, 2.24) is 0 Å². The summed E-state index contributed by atoms with van der Waals surface area (Å²) in [6.07, 6.45) is 0. The van der Waals surface area contributed by atoms with E-state index in [2.05, 4.69) is 182 Å². The summed E-state index contributed by atoms with van der Waals surface area (Å²) < 4.78 is 23.2. The molecule has 2 atom stereocenters. The van der Waals surface area contributed by atoms with Crippen LogP contribution in [0.5, 0.6) is 0 Å². The van der Waals surface area contributed by atoms with Crippen LogP contribution in [0.1, 0.15) is 44.5 Å². The van der Waals surface area contributed by atoms with Crippen molar-refractivity contribution in [3.05, 3.63) is 269 Å². The molecule has 0 bridgehead atoms. The molecule has 4 heteroatoms. The lowest BCUT2D eigenvalue weighted by Gasteiger charge is -2.47. The highest BCUT2D eigenvalue weighted by molar-refractivity contribution is 7.99. The summed E-state index contributed by atoms with van der Waals surface area (Å²) in [4.78, 5) is 2.39. The van der Waals surface area contributed by atoms with E-state index in [1.165, 1.54) is 76.6 Å². The molecule has 2 aliphatic carbocycles. The van der Waals surface area contributed by atoms with E-state index in [-0.39, 0.29) is 5.41 Å². The third-order valence-corrected chi connectivity index (χ3v) is 19.5. The van der Waals surface area contributed by atoms with E-state index in [1.807, 2.05) is 54.2 Å². The van der Waals surface area contributed by atoms with Gasteiger partial charge < -0.3 is 8.98 Å². The van der Waals surface area contributed by atoms with Crippen LogP contribution in [0.25, 0.3) is 55.3 Å². The Morgan fingerprint density at radius 2 is 0.879 bits per heavy atom. The lowest BCUT2D eigenvalue weighted by atomic mass is 9.64. The van der Waals surface area contributed by atoms with Gasteiger partial charge in [-0.3, -0.25) is 0 Å². The molecule has 0 saturated carbocycles. The van der Waals surface area contributed by atoms with Gasteiger partial charge in [0, 0.05) is 36.5 Å². The molecule has 0 N–H and O–H groups in total. The summed E-state index contributed by atoms with van der Waals surface area (Å²) >= 11 is 1.84. The van der Waals surface area contributed by atoms with E-state index in [4.69, 9.17) is 4.42 Å². The van der Waals surface area contributed by atoms with Crippen molar-refractivity contribution >= 4 is 56.8 Å². The maximum atomic E-state index is 16.6. The van der Waals surface area contributed by atoms with Crippen molar-refractivity contribution in [3.8, 4) is 33.4 Å². The first-order chi connectivity index (χ1) is 32.6. The maximum absolute atomic E-state index is 16.6. The molecule has 66 heavy (non-hydrogen) atoms. The molecule has 308 valence electrons. The van der Waals surface area contributed by atoms with Crippen LogP contribution in [-0.2, 0) is 15.4 Å². The number of rotatable bonds is 2. The summed E-state index contributed by atoms with van der Waals surface area (Å²) in [6, 6.07) is 81.5. The minimum atomic E-state index is -3.42. The van der Waals surface area contributed by atoms with Gasteiger partial charge in [0.05, 0.1) is 10.8 Å². The standard InChI is InChI=1S/C62H37O2PS/c63-65(40-16-2-1-3-17-40)57-28-14-11-25-51(57)62(54-36-46-44-21-7-13-27-55(44)64-56(46)37-58(54)65)52-26-12-15-29-59(52)66-60-35-39(31-33-53(60)62)38-30-32-50-45(34-38)43-20-6-10-24-49(43)61(50)47-22-8-4-18-41(47)42-19-5-9-23-48(42)61/h1-37H. The normalized spacial score (nSPS) is 18.5. The third-order valence-electron chi connectivity index (χ3n) is 15.2. The number of fused-ring (bicyclic) bond motifs is 21. The number of hydrogen-bond acceptors (Lipinski definition) is 3. The molecule has 0 saturated heterocycles. The van der Waals surface area contributed by atoms with Gasteiger partial charge in [-0.05, 0) is 114 Å². The van der Waals surface area contributed by atoms with Gasteiger partial charge in [-0.2, -0.15) is 0 Å². The van der Waals surface area contributed by atoms with Crippen LogP contribution in [0.2, 0.25) is 0 Å². The Labute approximate surface area is 386 Å². The van der Waals surface area contributed by atoms with Gasteiger partial charge in [0.1, 0.15) is 11.2 Å². The fourth-order valence-corrected chi connectivity index (χ4v) is 17.0. The Bertz CT molecular complexity index is 3930. The highest BCUT2D eigenvalue weighted by Gasteiger charge is 2.55. The van der Waals surface area contributed by atoms with Gasteiger partial charge in [-0.15, -0.1) is 0 Å². The zero-order valence-corrected chi connectivity index (χ0v) is 37.2. The number of para-hydroxylation sites is 1. The second-order valence-corrected chi connectivity index (χ2v) is 21.9. The lowest BCUT2D eigenvalue weighted by molar-refractivity contribution is 0.589. The largest absolute Gasteiger partial charge is 0.456 e. The topological polar surface area (TPSA) is 30.2 Å². The second-order valence-electron chi connectivity index (χ2n) is 18.1. The van der Waals surface area contributed by atoms with Crippen LogP contribution in [0, 0.1) is 0 Å². The maximum Gasteiger partial charge on any atom is 0.171 e. The lowest BCUT2D eigenvalue weighted by Crippen LogP contribution is -2.48.